The van der Waals surface area contributed by atoms with Crippen LogP contribution in [0.15, 0.2) is 41.0 Å². The van der Waals surface area contributed by atoms with Crippen LogP contribution in [0.2, 0.25) is 0 Å². The van der Waals surface area contributed by atoms with E-state index in [4.69, 9.17) is 0 Å². The van der Waals surface area contributed by atoms with E-state index in [0.717, 1.165) is 37.7 Å². The van der Waals surface area contributed by atoms with Crippen molar-refractivity contribution in [3.05, 3.63) is 57.7 Å². The van der Waals surface area contributed by atoms with Crippen molar-refractivity contribution in [1.29, 1.82) is 0 Å². The molecule has 0 radical (unpaired) electrons. The first-order valence-corrected chi connectivity index (χ1v) is 11.6. The SMILES string of the molecule is CC(C)=CCCC(C)=CCCC(C)=CCCC(C)(O)CCc1cc(C)c(C)c(O)c1O. The van der Waals surface area contributed by atoms with E-state index in [0.29, 0.717) is 30.4 Å². The molecule has 1 atom stereocenters. The summed E-state index contributed by atoms with van der Waals surface area (Å²) in [5, 5.41) is 31.0. The highest BCUT2D eigenvalue weighted by Crippen LogP contribution is 2.36. The third kappa shape index (κ3) is 10.2. The van der Waals surface area contributed by atoms with E-state index in [1.165, 1.54) is 16.7 Å². The Morgan fingerprint density at radius 2 is 1.39 bits per heavy atom. The molecule has 0 aliphatic carbocycles. The number of phenolic OH excluding ortho intramolecular Hbond substituents is 2. The van der Waals surface area contributed by atoms with Crippen molar-refractivity contribution in [3.8, 4) is 11.5 Å². The Morgan fingerprint density at radius 1 is 0.839 bits per heavy atom. The Morgan fingerprint density at radius 3 is 1.97 bits per heavy atom. The second-order valence-corrected chi connectivity index (χ2v) is 9.67. The molecule has 3 nitrogen and oxygen atoms in total. The normalized spacial score (nSPS) is 14.5. The number of hydrogen-bond acceptors (Lipinski definition) is 3. The predicted octanol–water partition coefficient (Wildman–Crippen LogP) is 7.60. The Balaban J connectivity index is 2.46. The molecule has 0 saturated heterocycles. The maximum Gasteiger partial charge on any atom is 0.160 e. The molecule has 3 N–H and O–H groups in total. The lowest BCUT2D eigenvalue weighted by Gasteiger charge is -2.23. The lowest BCUT2D eigenvalue weighted by atomic mass is 9.90. The summed E-state index contributed by atoms with van der Waals surface area (Å²) >= 11 is 0. The minimum absolute atomic E-state index is 0.0468. The van der Waals surface area contributed by atoms with Crippen molar-refractivity contribution >= 4 is 0 Å². The van der Waals surface area contributed by atoms with Gasteiger partial charge >= 0.3 is 0 Å². The minimum atomic E-state index is -0.807. The molecule has 0 aliphatic rings. The Hall–Kier alpha value is -2.00. The number of allylic oxidation sites excluding steroid dienone is 6. The summed E-state index contributed by atoms with van der Waals surface area (Å²) in [4.78, 5) is 0. The van der Waals surface area contributed by atoms with Crippen LogP contribution in [0.25, 0.3) is 0 Å². The highest BCUT2D eigenvalue weighted by molar-refractivity contribution is 5.53. The van der Waals surface area contributed by atoms with Crippen LogP contribution >= 0.6 is 0 Å². The monoisotopic (exact) mass is 428 g/mol. The van der Waals surface area contributed by atoms with Gasteiger partial charge in [-0.1, -0.05) is 41.0 Å². The highest BCUT2D eigenvalue weighted by atomic mass is 16.3. The van der Waals surface area contributed by atoms with Crippen LogP contribution in [-0.4, -0.2) is 20.9 Å². The van der Waals surface area contributed by atoms with Crippen LogP contribution in [-0.2, 0) is 6.42 Å². The number of phenols is 2. The number of benzene rings is 1. The first-order valence-electron chi connectivity index (χ1n) is 11.6. The fourth-order valence-corrected chi connectivity index (χ4v) is 3.64. The molecular formula is C28H44O3. The quantitative estimate of drug-likeness (QED) is 0.237. The molecule has 1 aromatic rings. The summed E-state index contributed by atoms with van der Waals surface area (Å²) in [6.45, 7) is 14.2. The summed E-state index contributed by atoms with van der Waals surface area (Å²) in [5.41, 5.74) is 5.73. The predicted molar refractivity (Wildman–Crippen MR) is 133 cm³/mol. The molecule has 0 aromatic heterocycles. The van der Waals surface area contributed by atoms with Gasteiger partial charge in [-0.05, 0) is 117 Å². The molecular weight excluding hydrogens is 384 g/mol. The van der Waals surface area contributed by atoms with Gasteiger partial charge in [0, 0.05) is 0 Å². The topological polar surface area (TPSA) is 60.7 Å². The van der Waals surface area contributed by atoms with E-state index < -0.39 is 5.60 Å². The van der Waals surface area contributed by atoms with Crippen LogP contribution < -0.4 is 0 Å². The van der Waals surface area contributed by atoms with Gasteiger partial charge in [-0.3, -0.25) is 0 Å². The average Bonchev–Trinajstić information content (AvgIpc) is 2.67. The van der Waals surface area contributed by atoms with E-state index in [1.807, 2.05) is 19.9 Å². The van der Waals surface area contributed by atoms with Crippen molar-refractivity contribution in [2.75, 3.05) is 0 Å². The zero-order chi connectivity index (χ0) is 23.6. The molecule has 174 valence electrons. The first-order chi connectivity index (χ1) is 14.4. The molecule has 0 fully saturated rings. The third-order valence-corrected chi connectivity index (χ3v) is 6.10. The number of aromatic hydroxyl groups is 2. The van der Waals surface area contributed by atoms with Crippen LogP contribution in [0.4, 0.5) is 0 Å². The zero-order valence-electron chi connectivity index (χ0n) is 20.8. The number of rotatable bonds is 12. The zero-order valence-corrected chi connectivity index (χ0v) is 20.8. The number of aryl methyl sites for hydroxylation is 2. The lowest BCUT2D eigenvalue weighted by molar-refractivity contribution is 0.0431. The Bertz CT molecular complexity index is 806. The van der Waals surface area contributed by atoms with Gasteiger partial charge in [-0.15, -0.1) is 0 Å². The fraction of sp³-hybridized carbons (Fsp3) is 0.571. The molecule has 0 saturated carbocycles. The van der Waals surface area contributed by atoms with Gasteiger partial charge in [0.15, 0.2) is 11.5 Å². The molecule has 3 heteroatoms. The van der Waals surface area contributed by atoms with Gasteiger partial charge < -0.3 is 15.3 Å². The molecule has 31 heavy (non-hydrogen) atoms. The van der Waals surface area contributed by atoms with E-state index in [9.17, 15) is 15.3 Å². The number of hydrogen-bond donors (Lipinski definition) is 3. The second-order valence-electron chi connectivity index (χ2n) is 9.67. The van der Waals surface area contributed by atoms with Crippen molar-refractivity contribution in [2.24, 2.45) is 0 Å². The van der Waals surface area contributed by atoms with Gasteiger partial charge in [0.05, 0.1) is 5.60 Å². The van der Waals surface area contributed by atoms with Crippen molar-refractivity contribution in [2.45, 2.75) is 105 Å². The molecule has 0 amide bonds. The van der Waals surface area contributed by atoms with Gasteiger partial charge in [-0.2, -0.15) is 0 Å². The third-order valence-electron chi connectivity index (χ3n) is 6.10. The highest BCUT2D eigenvalue weighted by Gasteiger charge is 2.21. The maximum absolute atomic E-state index is 10.8. The van der Waals surface area contributed by atoms with E-state index in [1.54, 1.807) is 6.92 Å². The van der Waals surface area contributed by atoms with Crippen LogP contribution in [0.1, 0.15) is 96.3 Å². The molecule has 0 spiro atoms. The van der Waals surface area contributed by atoms with Crippen molar-refractivity contribution in [3.63, 3.8) is 0 Å². The standard InChI is InChI=1S/C28H44O3/c1-20(2)11-8-12-21(3)13-9-14-22(4)15-10-17-28(7,31)18-16-25-19-23(5)24(6)26(29)27(25)30/h11,13,15,19,29-31H,8-10,12,14,16-18H2,1-7H3. The summed E-state index contributed by atoms with van der Waals surface area (Å²) in [6.07, 6.45) is 13.8. The molecule has 0 heterocycles. The minimum Gasteiger partial charge on any atom is -0.504 e. The fourth-order valence-electron chi connectivity index (χ4n) is 3.64. The first kappa shape index (κ1) is 27.0. The molecule has 1 rings (SSSR count). The Kier molecular flexibility index (Phi) is 11.1. The van der Waals surface area contributed by atoms with E-state index in [-0.39, 0.29) is 11.5 Å². The van der Waals surface area contributed by atoms with Crippen LogP contribution in [0, 0.1) is 13.8 Å². The number of aliphatic hydroxyl groups is 1. The smallest absolute Gasteiger partial charge is 0.160 e. The van der Waals surface area contributed by atoms with Gasteiger partial charge in [0.2, 0.25) is 0 Å². The van der Waals surface area contributed by atoms with Gasteiger partial charge in [0.1, 0.15) is 0 Å². The van der Waals surface area contributed by atoms with Crippen LogP contribution in [0.5, 0.6) is 11.5 Å². The average molecular weight is 429 g/mol. The summed E-state index contributed by atoms with van der Waals surface area (Å²) in [5.74, 6) is -0.103. The molecule has 0 bridgehead atoms. The summed E-state index contributed by atoms with van der Waals surface area (Å²) < 4.78 is 0. The Labute approximate surface area is 190 Å². The molecule has 1 aromatic carbocycles. The van der Waals surface area contributed by atoms with E-state index in [2.05, 4.69) is 45.9 Å². The second kappa shape index (κ2) is 12.8. The summed E-state index contributed by atoms with van der Waals surface area (Å²) in [7, 11) is 0. The van der Waals surface area contributed by atoms with E-state index >= 15 is 0 Å². The van der Waals surface area contributed by atoms with Gasteiger partial charge in [-0.25, -0.2) is 0 Å². The van der Waals surface area contributed by atoms with Gasteiger partial charge in [0.25, 0.3) is 0 Å². The maximum atomic E-state index is 10.8. The molecule has 0 aliphatic heterocycles. The van der Waals surface area contributed by atoms with Crippen molar-refractivity contribution < 1.29 is 15.3 Å². The summed E-state index contributed by atoms with van der Waals surface area (Å²) in [6, 6.07) is 1.90. The van der Waals surface area contributed by atoms with Crippen molar-refractivity contribution in [1.82, 2.24) is 0 Å². The molecule has 1 unspecified atom stereocenters. The largest absolute Gasteiger partial charge is 0.504 e. The van der Waals surface area contributed by atoms with Crippen LogP contribution in [0.3, 0.4) is 0 Å². The lowest BCUT2D eigenvalue weighted by Crippen LogP contribution is -2.24.